The number of aliphatic hydroxyl groups excluding tert-OH is 1. The summed E-state index contributed by atoms with van der Waals surface area (Å²) < 4.78 is 0. The van der Waals surface area contributed by atoms with Crippen molar-refractivity contribution in [2.45, 2.75) is 130 Å². The number of fused-ring (bicyclic) bond motifs is 5. The van der Waals surface area contributed by atoms with Crippen LogP contribution in [0, 0.1) is 46.3 Å². The fraction of sp³-hybridized carbons (Fsp3) is 0.909. The number of allylic oxidation sites excluding steroid dienone is 1. The Kier molecular flexibility index (Phi) is 7.68. The third-order valence-corrected chi connectivity index (χ3v) is 12.5. The molecule has 4 heteroatoms. The summed E-state index contributed by atoms with van der Waals surface area (Å²) in [6.07, 6.45) is 16.0. The van der Waals surface area contributed by atoms with Crippen molar-refractivity contribution in [2.75, 3.05) is 13.1 Å². The van der Waals surface area contributed by atoms with Crippen molar-refractivity contribution < 1.29 is 15.0 Å². The zero-order valence-electron chi connectivity index (χ0n) is 24.5. The molecule has 0 aromatic heterocycles. The molecule has 0 bridgehead atoms. The molecular formula is C33H55NO3. The van der Waals surface area contributed by atoms with E-state index in [1.54, 1.807) is 5.57 Å². The highest BCUT2D eigenvalue weighted by molar-refractivity contribution is 5.76. The molecule has 3 saturated carbocycles. The highest BCUT2D eigenvalue weighted by atomic mass is 16.3. The van der Waals surface area contributed by atoms with Crippen LogP contribution >= 0.6 is 0 Å². The minimum Gasteiger partial charge on any atom is -0.393 e. The number of aliphatic hydroxyl groups is 2. The van der Waals surface area contributed by atoms with E-state index < -0.39 is 5.60 Å². The van der Waals surface area contributed by atoms with Gasteiger partial charge in [-0.1, -0.05) is 46.3 Å². The molecule has 5 aliphatic rings. The fourth-order valence-corrected chi connectivity index (χ4v) is 10.5. The lowest BCUT2D eigenvalue weighted by Gasteiger charge is -2.58. The lowest BCUT2D eigenvalue weighted by Crippen LogP contribution is -2.50. The Bertz CT molecular complexity index is 873. The van der Waals surface area contributed by atoms with Crippen molar-refractivity contribution >= 4 is 5.91 Å². The molecule has 1 heterocycles. The number of likely N-dealkylation sites (tertiary alicyclic amines) is 1. The normalized spacial score (nSPS) is 42.0. The fourth-order valence-electron chi connectivity index (χ4n) is 10.5. The van der Waals surface area contributed by atoms with Crippen LogP contribution in [-0.2, 0) is 4.79 Å². The monoisotopic (exact) mass is 513 g/mol. The molecule has 210 valence electrons. The lowest BCUT2D eigenvalue weighted by molar-refractivity contribution is -0.136. The Morgan fingerprint density at radius 1 is 1.03 bits per heavy atom. The number of amides is 1. The molecular weight excluding hydrogens is 458 g/mol. The van der Waals surface area contributed by atoms with Gasteiger partial charge in [0.25, 0.3) is 0 Å². The van der Waals surface area contributed by atoms with Crippen molar-refractivity contribution in [1.29, 1.82) is 0 Å². The SMILES string of the molecule is CC(C)CC1(O)CCN(C(=O)CCC(C)[C@H]2CC[C@H]3[C@@H]4CC=C5C[C@@H](O)CC[C@]5(C)[C@H]4CC[C@]23C)CC1. The summed E-state index contributed by atoms with van der Waals surface area (Å²) in [5, 5.41) is 21.2. The van der Waals surface area contributed by atoms with E-state index in [2.05, 4.69) is 40.7 Å². The third kappa shape index (κ3) is 5.08. The van der Waals surface area contributed by atoms with Gasteiger partial charge in [0.15, 0.2) is 0 Å². The van der Waals surface area contributed by atoms with Gasteiger partial charge in [0.05, 0.1) is 11.7 Å². The summed E-state index contributed by atoms with van der Waals surface area (Å²) >= 11 is 0. The number of rotatable bonds is 6. The predicted molar refractivity (Wildman–Crippen MR) is 150 cm³/mol. The minimum absolute atomic E-state index is 0.125. The molecule has 1 saturated heterocycles. The first-order valence-electron chi connectivity index (χ1n) is 15.8. The first kappa shape index (κ1) is 27.7. The summed E-state index contributed by atoms with van der Waals surface area (Å²) in [6.45, 7) is 13.3. The van der Waals surface area contributed by atoms with Crippen molar-refractivity contribution in [3.8, 4) is 0 Å². The molecule has 0 aromatic rings. The molecule has 1 unspecified atom stereocenters. The van der Waals surface area contributed by atoms with Crippen LogP contribution in [0.3, 0.4) is 0 Å². The lowest BCUT2D eigenvalue weighted by atomic mass is 9.47. The van der Waals surface area contributed by atoms with E-state index in [-0.39, 0.29) is 6.10 Å². The van der Waals surface area contributed by atoms with Gasteiger partial charge < -0.3 is 15.1 Å². The summed E-state index contributed by atoms with van der Waals surface area (Å²) in [4.78, 5) is 15.1. The van der Waals surface area contributed by atoms with Crippen molar-refractivity contribution in [2.24, 2.45) is 46.3 Å². The maximum absolute atomic E-state index is 13.1. The number of carbonyl (C=O) groups excluding carboxylic acids is 1. The average molecular weight is 514 g/mol. The van der Waals surface area contributed by atoms with Gasteiger partial charge in [0.2, 0.25) is 5.91 Å². The van der Waals surface area contributed by atoms with E-state index in [4.69, 9.17) is 0 Å². The molecule has 8 atom stereocenters. The number of piperidine rings is 1. The maximum atomic E-state index is 13.1. The number of nitrogens with zero attached hydrogens (tertiary/aromatic N) is 1. The molecule has 4 nitrogen and oxygen atoms in total. The van der Waals surface area contributed by atoms with E-state index in [1.807, 2.05) is 4.90 Å². The van der Waals surface area contributed by atoms with Gasteiger partial charge in [-0.2, -0.15) is 0 Å². The molecule has 1 aliphatic heterocycles. The van der Waals surface area contributed by atoms with Gasteiger partial charge >= 0.3 is 0 Å². The van der Waals surface area contributed by atoms with Gasteiger partial charge in [-0.25, -0.2) is 0 Å². The largest absolute Gasteiger partial charge is 0.393 e. The molecule has 0 aromatic carbocycles. The van der Waals surface area contributed by atoms with Crippen LogP contribution in [0.25, 0.3) is 0 Å². The molecule has 37 heavy (non-hydrogen) atoms. The Morgan fingerprint density at radius 3 is 2.46 bits per heavy atom. The quantitative estimate of drug-likeness (QED) is 0.387. The summed E-state index contributed by atoms with van der Waals surface area (Å²) in [7, 11) is 0. The summed E-state index contributed by atoms with van der Waals surface area (Å²) in [6, 6.07) is 0. The summed E-state index contributed by atoms with van der Waals surface area (Å²) in [5.41, 5.74) is 1.72. The van der Waals surface area contributed by atoms with Gasteiger partial charge in [-0.3, -0.25) is 4.79 Å². The second-order valence-electron chi connectivity index (χ2n) is 15.1. The predicted octanol–water partition coefficient (Wildman–Crippen LogP) is 6.74. The molecule has 2 N–H and O–H groups in total. The molecule has 5 rings (SSSR count). The molecule has 1 amide bonds. The second-order valence-corrected chi connectivity index (χ2v) is 15.1. The topological polar surface area (TPSA) is 60.8 Å². The molecule has 4 fully saturated rings. The standard InChI is InChI=1S/C33H55NO3/c1-22(2)21-33(37)16-18-34(19-17-33)30(36)11-6-23(3)27-9-10-28-26-8-7-24-20-25(35)12-14-31(24,4)29(26)13-15-32(27,28)5/h7,22-23,25-29,35,37H,6,8-21H2,1-5H3/t23?,25-,26-,27+,28-,29-,31-,32+/m0/s1. The Balaban J connectivity index is 1.17. The van der Waals surface area contributed by atoms with Gasteiger partial charge in [0, 0.05) is 19.5 Å². The van der Waals surface area contributed by atoms with Gasteiger partial charge in [-0.15, -0.1) is 0 Å². The first-order chi connectivity index (χ1) is 17.4. The van der Waals surface area contributed by atoms with Crippen molar-refractivity contribution in [3.63, 3.8) is 0 Å². The zero-order chi connectivity index (χ0) is 26.6. The van der Waals surface area contributed by atoms with Crippen LogP contribution in [-0.4, -0.2) is 45.8 Å². The highest BCUT2D eigenvalue weighted by Crippen LogP contribution is 2.67. The smallest absolute Gasteiger partial charge is 0.222 e. The summed E-state index contributed by atoms with van der Waals surface area (Å²) in [5.74, 6) is 4.53. The Labute approximate surface area is 226 Å². The third-order valence-electron chi connectivity index (χ3n) is 12.5. The molecule has 0 radical (unpaired) electrons. The van der Waals surface area contributed by atoms with Crippen LogP contribution in [0.1, 0.15) is 118 Å². The van der Waals surface area contributed by atoms with E-state index in [0.29, 0.717) is 48.1 Å². The van der Waals surface area contributed by atoms with Crippen LogP contribution in [0.4, 0.5) is 0 Å². The number of hydrogen-bond donors (Lipinski definition) is 2. The Hall–Kier alpha value is -0.870. The zero-order valence-corrected chi connectivity index (χ0v) is 24.5. The maximum Gasteiger partial charge on any atom is 0.222 e. The van der Waals surface area contributed by atoms with E-state index in [1.165, 1.54) is 32.1 Å². The number of carbonyl (C=O) groups is 1. The van der Waals surface area contributed by atoms with Crippen LogP contribution in [0.5, 0.6) is 0 Å². The molecule has 0 spiro atoms. The molecule has 4 aliphatic carbocycles. The van der Waals surface area contributed by atoms with Gasteiger partial charge in [0.1, 0.15) is 0 Å². The van der Waals surface area contributed by atoms with Crippen molar-refractivity contribution in [3.05, 3.63) is 11.6 Å². The first-order valence-corrected chi connectivity index (χ1v) is 15.8. The van der Waals surface area contributed by atoms with Crippen LogP contribution < -0.4 is 0 Å². The van der Waals surface area contributed by atoms with E-state index >= 15 is 0 Å². The van der Waals surface area contributed by atoms with E-state index in [0.717, 1.165) is 68.6 Å². The highest BCUT2D eigenvalue weighted by Gasteiger charge is 2.59. The van der Waals surface area contributed by atoms with E-state index in [9.17, 15) is 15.0 Å². The van der Waals surface area contributed by atoms with Crippen LogP contribution in [0.15, 0.2) is 11.6 Å². The Morgan fingerprint density at radius 2 is 1.76 bits per heavy atom. The number of hydrogen-bond acceptors (Lipinski definition) is 3. The van der Waals surface area contributed by atoms with Gasteiger partial charge in [-0.05, 0) is 123 Å². The van der Waals surface area contributed by atoms with Crippen molar-refractivity contribution in [1.82, 2.24) is 4.90 Å². The second kappa shape index (κ2) is 10.3. The minimum atomic E-state index is -0.575. The van der Waals surface area contributed by atoms with Crippen LogP contribution in [0.2, 0.25) is 0 Å². The average Bonchev–Trinajstić information content (AvgIpc) is 3.20.